The zero-order valence-corrected chi connectivity index (χ0v) is 5.77. The van der Waals surface area contributed by atoms with Crippen LogP contribution in [-0.2, 0) is 0 Å². The molecule has 0 amide bonds. The fourth-order valence-electron chi connectivity index (χ4n) is 0.246. The lowest BCUT2D eigenvalue weighted by atomic mass is 10.6. The normalized spacial score (nSPS) is 9.33. The zero-order valence-electron chi connectivity index (χ0n) is 4.96. The van der Waals surface area contributed by atoms with Gasteiger partial charge >= 0.3 is 6.08 Å². The van der Waals surface area contributed by atoms with Gasteiger partial charge in [-0.1, -0.05) is 18.7 Å². The first-order valence-corrected chi connectivity index (χ1v) is 3.50. The molecule has 0 aromatic carbocycles. The minimum atomic E-state index is -2.21. The van der Waals surface area contributed by atoms with Gasteiger partial charge in [0.25, 0.3) is 0 Å². The fourth-order valence-corrected chi connectivity index (χ4v) is 0.739. The van der Waals surface area contributed by atoms with Crippen molar-refractivity contribution in [1.82, 2.24) is 0 Å². The van der Waals surface area contributed by atoms with E-state index in [4.69, 9.17) is 0 Å². The first-order valence-electron chi connectivity index (χ1n) is 2.52. The highest BCUT2D eigenvalue weighted by molar-refractivity contribution is 8.02. The molecule has 0 radical (unpaired) electrons. The quantitative estimate of drug-likeness (QED) is 0.604. The van der Waals surface area contributed by atoms with Crippen LogP contribution in [0.4, 0.5) is 13.2 Å². The summed E-state index contributed by atoms with van der Waals surface area (Å²) in [6.07, 6.45) is -1.51. The summed E-state index contributed by atoms with van der Waals surface area (Å²) in [5.41, 5.74) is 0. The van der Waals surface area contributed by atoms with Crippen LogP contribution in [0.2, 0.25) is 0 Å². The summed E-state index contributed by atoms with van der Waals surface area (Å²) in [7, 11) is 0. The van der Waals surface area contributed by atoms with Gasteiger partial charge in [0.05, 0.1) is 0 Å². The van der Waals surface area contributed by atoms with Gasteiger partial charge in [-0.25, -0.2) is 0 Å². The maximum Gasteiger partial charge on any atom is 0.312 e. The molecule has 0 fully saturated rings. The van der Waals surface area contributed by atoms with Crippen molar-refractivity contribution in [2.24, 2.45) is 0 Å². The van der Waals surface area contributed by atoms with Crippen molar-refractivity contribution >= 4 is 11.8 Å². The summed E-state index contributed by atoms with van der Waals surface area (Å²) in [5, 5.41) is -1.35. The van der Waals surface area contributed by atoms with Crippen LogP contribution >= 0.6 is 11.8 Å². The summed E-state index contributed by atoms with van der Waals surface area (Å²) in [5.74, 6) is 0.406. The Labute approximate surface area is 56.1 Å². The molecular weight excluding hydrogens is 149 g/mol. The van der Waals surface area contributed by atoms with Crippen LogP contribution in [0, 0.1) is 0 Å². The standard InChI is InChI=1S/C5H7F3S/c1-2-3-9-5(8)4(6)7/h2-3H2,1H3. The predicted molar refractivity (Wildman–Crippen MR) is 33.1 cm³/mol. The third-order valence-electron chi connectivity index (χ3n) is 0.581. The highest BCUT2D eigenvalue weighted by Gasteiger charge is 2.02. The van der Waals surface area contributed by atoms with Crippen molar-refractivity contribution in [3.8, 4) is 0 Å². The molecule has 54 valence electrons. The number of hydrogen-bond acceptors (Lipinski definition) is 1. The molecule has 4 heteroatoms. The maximum absolute atomic E-state index is 11.8. The van der Waals surface area contributed by atoms with E-state index in [0.29, 0.717) is 23.9 Å². The van der Waals surface area contributed by atoms with Gasteiger partial charge < -0.3 is 0 Å². The topological polar surface area (TPSA) is 0 Å². The second-order valence-corrected chi connectivity index (χ2v) is 2.44. The van der Waals surface area contributed by atoms with E-state index >= 15 is 0 Å². The summed E-state index contributed by atoms with van der Waals surface area (Å²) in [6, 6.07) is 0. The average molecular weight is 156 g/mol. The molecule has 0 spiro atoms. The van der Waals surface area contributed by atoms with Gasteiger partial charge in [0.2, 0.25) is 5.16 Å². The molecule has 0 saturated heterocycles. The summed E-state index contributed by atoms with van der Waals surface area (Å²) >= 11 is 0.547. The number of halogens is 3. The molecule has 0 aliphatic rings. The zero-order chi connectivity index (χ0) is 7.28. The minimum Gasteiger partial charge on any atom is -0.193 e. The van der Waals surface area contributed by atoms with E-state index in [1.807, 2.05) is 0 Å². The van der Waals surface area contributed by atoms with Crippen molar-refractivity contribution < 1.29 is 13.2 Å². The van der Waals surface area contributed by atoms with Gasteiger partial charge in [0.15, 0.2) is 0 Å². The summed E-state index contributed by atoms with van der Waals surface area (Å²) in [6.45, 7) is 1.80. The van der Waals surface area contributed by atoms with Crippen LogP contribution in [0.5, 0.6) is 0 Å². The Balaban J connectivity index is 3.50. The van der Waals surface area contributed by atoms with E-state index in [2.05, 4.69) is 0 Å². The van der Waals surface area contributed by atoms with E-state index in [-0.39, 0.29) is 0 Å². The monoisotopic (exact) mass is 156 g/mol. The lowest BCUT2D eigenvalue weighted by Crippen LogP contribution is -1.73. The third-order valence-corrected chi connectivity index (χ3v) is 1.60. The highest BCUT2D eigenvalue weighted by Crippen LogP contribution is 2.22. The molecule has 0 nitrogen and oxygen atoms in total. The molecule has 0 unspecified atom stereocenters. The molecule has 0 atom stereocenters. The van der Waals surface area contributed by atoms with Gasteiger partial charge in [0.1, 0.15) is 0 Å². The van der Waals surface area contributed by atoms with Crippen molar-refractivity contribution in [3.63, 3.8) is 0 Å². The van der Waals surface area contributed by atoms with Crippen LogP contribution in [-0.4, -0.2) is 5.75 Å². The van der Waals surface area contributed by atoms with Gasteiger partial charge in [-0.05, 0) is 6.42 Å². The molecular formula is C5H7F3S. The Morgan fingerprint density at radius 1 is 1.33 bits per heavy atom. The predicted octanol–water partition coefficient (Wildman–Crippen LogP) is 3.16. The molecule has 0 bridgehead atoms. The minimum absolute atomic E-state index is 0.406. The first-order chi connectivity index (χ1) is 4.18. The molecule has 0 saturated carbocycles. The van der Waals surface area contributed by atoms with E-state index < -0.39 is 11.2 Å². The third kappa shape index (κ3) is 4.39. The van der Waals surface area contributed by atoms with Gasteiger partial charge in [-0.15, -0.1) is 0 Å². The second kappa shape index (κ2) is 4.73. The van der Waals surface area contributed by atoms with Crippen molar-refractivity contribution in [3.05, 3.63) is 11.2 Å². The Morgan fingerprint density at radius 3 is 2.22 bits per heavy atom. The first kappa shape index (κ1) is 8.88. The molecule has 0 rings (SSSR count). The van der Waals surface area contributed by atoms with Crippen molar-refractivity contribution in [2.45, 2.75) is 13.3 Å². The van der Waals surface area contributed by atoms with Crippen LogP contribution in [0.25, 0.3) is 0 Å². The Kier molecular flexibility index (Phi) is 4.67. The van der Waals surface area contributed by atoms with Crippen LogP contribution in [0.3, 0.4) is 0 Å². The average Bonchev–Trinajstić information content (AvgIpc) is 1.82. The molecule has 0 aromatic rings. The molecule has 0 N–H and O–H groups in total. The van der Waals surface area contributed by atoms with Crippen molar-refractivity contribution in [1.29, 1.82) is 0 Å². The van der Waals surface area contributed by atoms with Gasteiger partial charge in [-0.2, -0.15) is 13.2 Å². The highest BCUT2D eigenvalue weighted by atomic mass is 32.2. The van der Waals surface area contributed by atoms with Crippen LogP contribution in [0.1, 0.15) is 13.3 Å². The SMILES string of the molecule is CCCSC(F)=C(F)F. The molecule has 0 aliphatic heterocycles. The van der Waals surface area contributed by atoms with E-state index in [1.165, 1.54) is 0 Å². The molecule has 0 heterocycles. The fraction of sp³-hybridized carbons (Fsp3) is 0.600. The molecule has 0 aliphatic carbocycles. The van der Waals surface area contributed by atoms with Crippen LogP contribution in [0.15, 0.2) is 11.2 Å². The number of hydrogen-bond donors (Lipinski definition) is 0. The smallest absolute Gasteiger partial charge is 0.193 e. The Hall–Kier alpha value is -0.120. The number of rotatable bonds is 3. The lowest BCUT2D eigenvalue weighted by Gasteiger charge is -1.90. The van der Waals surface area contributed by atoms with Crippen molar-refractivity contribution in [2.75, 3.05) is 5.75 Å². The maximum atomic E-state index is 11.8. The van der Waals surface area contributed by atoms with E-state index in [0.717, 1.165) is 0 Å². The van der Waals surface area contributed by atoms with Gasteiger partial charge in [0, 0.05) is 5.75 Å². The van der Waals surface area contributed by atoms with Gasteiger partial charge in [-0.3, -0.25) is 0 Å². The lowest BCUT2D eigenvalue weighted by molar-refractivity contribution is 0.395. The van der Waals surface area contributed by atoms with E-state index in [9.17, 15) is 13.2 Å². The van der Waals surface area contributed by atoms with E-state index in [1.54, 1.807) is 6.92 Å². The molecule has 9 heavy (non-hydrogen) atoms. The number of thioether (sulfide) groups is 1. The molecule has 0 aromatic heterocycles. The summed E-state index contributed by atoms with van der Waals surface area (Å²) < 4.78 is 34.3. The second-order valence-electron chi connectivity index (χ2n) is 1.38. The largest absolute Gasteiger partial charge is 0.312 e. The Bertz CT molecular complexity index is 107. The summed E-state index contributed by atoms with van der Waals surface area (Å²) in [4.78, 5) is 0. The van der Waals surface area contributed by atoms with Crippen LogP contribution < -0.4 is 0 Å². The Morgan fingerprint density at radius 2 is 1.89 bits per heavy atom.